The second-order valence-electron chi connectivity index (χ2n) is 3.11. The molecule has 0 amide bonds. The van der Waals surface area contributed by atoms with Crippen LogP contribution in [0.3, 0.4) is 0 Å². The van der Waals surface area contributed by atoms with Crippen molar-refractivity contribution in [1.82, 2.24) is 5.01 Å². The molecule has 0 aliphatic carbocycles. The SMILES string of the molecule is C#Cc1c(Cl)cccc1N=NN(CC)CC. The number of nitrogens with zero attached hydrogens (tertiary/aromatic N) is 3. The summed E-state index contributed by atoms with van der Waals surface area (Å²) in [4.78, 5) is 0. The minimum atomic E-state index is 0.526. The Morgan fingerprint density at radius 2 is 2.06 bits per heavy atom. The van der Waals surface area contributed by atoms with E-state index in [1.807, 2.05) is 18.9 Å². The molecule has 0 unspecified atom stereocenters. The van der Waals surface area contributed by atoms with Crippen LogP contribution in [-0.2, 0) is 0 Å². The molecule has 0 heterocycles. The molecule has 0 atom stereocenters. The molecular formula is C12H14ClN3. The Kier molecular flexibility index (Phi) is 4.81. The molecule has 16 heavy (non-hydrogen) atoms. The zero-order valence-electron chi connectivity index (χ0n) is 9.44. The van der Waals surface area contributed by atoms with Gasteiger partial charge in [-0.25, -0.2) is 0 Å². The van der Waals surface area contributed by atoms with Crippen LogP contribution in [0, 0.1) is 12.3 Å². The third-order valence-corrected chi connectivity index (χ3v) is 2.46. The minimum absolute atomic E-state index is 0.526. The van der Waals surface area contributed by atoms with Crippen molar-refractivity contribution in [2.75, 3.05) is 13.1 Å². The summed E-state index contributed by atoms with van der Waals surface area (Å²) in [5.74, 6) is 2.52. The van der Waals surface area contributed by atoms with Gasteiger partial charge in [-0.05, 0) is 26.0 Å². The van der Waals surface area contributed by atoms with E-state index >= 15 is 0 Å². The van der Waals surface area contributed by atoms with Crippen LogP contribution in [-0.4, -0.2) is 18.1 Å². The number of hydrogen-bond acceptors (Lipinski definition) is 2. The van der Waals surface area contributed by atoms with Crippen LogP contribution in [0.1, 0.15) is 19.4 Å². The molecule has 3 nitrogen and oxygen atoms in total. The van der Waals surface area contributed by atoms with E-state index in [1.54, 1.807) is 18.2 Å². The lowest BCUT2D eigenvalue weighted by atomic mass is 10.2. The van der Waals surface area contributed by atoms with E-state index in [2.05, 4.69) is 16.3 Å². The van der Waals surface area contributed by atoms with Crippen molar-refractivity contribution >= 4 is 17.3 Å². The number of terminal acetylenes is 1. The van der Waals surface area contributed by atoms with Gasteiger partial charge in [-0.1, -0.05) is 28.8 Å². The van der Waals surface area contributed by atoms with E-state index in [1.165, 1.54) is 0 Å². The highest BCUT2D eigenvalue weighted by atomic mass is 35.5. The van der Waals surface area contributed by atoms with Crippen molar-refractivity contribution in [2.24, 2.45) is 10.3 Å². The first kappa shape index (κ1) is 12.5. The van der Waals surface area contributed by atoms with Gasteiger partial charge in [0.25, 0.3) is 0 Å². The molecule has 0 aliphatic heterocycles. The number of halogens is 1. The molecule has 0 aliphatic rings. The topological polar surface area (TPSA) is 28.0 Å². The maximum absolute atomic E-state index is 5.95. The monoisotopic (exact) mass is 235 g/mol. The fourth-order valence-electron chi connectivity index (χ4n) is 1.20. The lowest BCUT2D eigenvalue weighted by molar-refractivity contribution is 0.300. The Balaban J connectivity index is 2.98. The fraction of sp³-hybridized carbons (Fsp3) is 0.333. The molecule has 84 valence electrons. The Labute approximate surface area is 101 Å². The maximum atomic E-state index is 5.95. The average molecular weight is 236 g/mol. The second-order valence-corrected chi connectivity index (χ2v) is 3.51. The molecule has 0 saturated heterocycles. The van der Waals surface area contributed by atoms with Gasteiger partial charge in [-0.15, -0.1) is 11.5 Å². The highest BCUT2D eigenvalue weighted by Gasteiger charge is 2.03. The van der Waals surface area contributed by atoms with Crippen LogP contribution in [0.15, 0.2) is 28.5 Å². The first-order valence-electron chi connectivity index (χ1n) is 5.14. The Morgan fingerprint density at radius 3 is 2.62 bits per heavy atom. The zero-order valence-corrected chi connectivity index (χ0v) is 10.2. The van der Waals surface area contributed by atoms with Gasteiger partial charge in [0, 0.05) is 13.1 Å². The summed E-state index contributed by atoms with van der Waals surface area (Å²) in [6.07, 6.45) is 5.37. The Morgan fingerprint density at radius 1 is 1.38 bits per heavy atom. The number of rotatable bonds is 4. The summed E-state index contributed by atoms with van der Waals surface area (Å²) in [5, 5.41) is 10.5. The lowest BCUT2D eigenvalue weighted by Gasteiger charge is -2.11. The van der Waals surface area contributed by atoms with Crippen molar-refractivity contribution in [2.45, 2.75) is 13.8 Å². The summed E-state index contributed by atoms with van der Waals surface area (Å²) in [7, 11) is 0. The van der Waals surface area contributed by atoms with E-state index in [4.69, 9.17) is 18.0 Å². The third-order valence-electron chi connectivity index (χ3n) is 2.14. The molecule has 1 aromatic rings. The van der Waals surface area contributed by atoms with Crippen LogP contribution >= 0.6 is 11.6 Å². The predicted octanol–water partition coefficient (Wildman–Crippen LogP) is 3.66. The molecule has 0 N–H and O–H groups in total. The molecule has 0 spiro atoms. The van der Waals surface area contributed by atoms with Crippen LogP contribution in [0.4, 0.5) is 5.69 Å². The minimum Gasteiger partial charge on any atom is -0.279 e. The van der Waals surface area contributed by atoms with Gasteiger partial charge in [0.15, 0.2) is 0 Å². The normalized spacial score (nSPS) is 10.4. The van der Waals surface area contributed by atoms with Crippen LogP contribution in [0.5, 0.6) is 0 Å². The van der Waals surface area contributed by atoms with Crippen molar-refractivity contribution in [3.63, 3.8) is 0 Å². The van der Waals surface area contributed by atoms with E-state index < -0.39 is 0 Å². The van der Waals surface area contributed by atoms with Gasteiger partial charge in [-0.2, -0.15) is 0 Å². The van der Waals surface area contributed by atoms with Crippen molar-refractivity contribution in [3.05, 3.63) is 28.8 Å². The molecule has 0 aromatic heterocycles. The van der Waals surface area contributed by atoms with Crippen LogP contribution < -0.4 is 0 Å². The van der Waals surface area contributed by atoms with E-state index in [0.29, 0.717) is 16.3 Å². The maximum Gasteiger partial charge on any atom is 0.105 e. The summed E-state index contributed by atoms with van der Waals surface area (Å²) in [6, 6.07) is 5.35. The number of benzene rings is 1. The largest absolute Gasteiger partial charge is 0.279 e. The molecular weight excluding hydrogens is 222 g/mol. The van der Waals surface area contributed by atoms with Crippen LogP contribution in [0.2, 0.25) is 5.02 Å². The Hall–Kier alpha value is -1.53. The summed E-state index contributed by atoms with van der Waals surface area (Å²) in [6.45, 7) is 5.66. The molecule has 0 bridgehead atoms. The standard InChI is InChI=1S/C12H14ClN3/c1-4-10-11(13)8-7-9-12(10)14-15-16(5-2)6-3/h1,7-9H,5-6H2,2-3H3. The number of hydrogen-bond donors (Lipinski definition) is 0. The van der Waals surface area contributed by atoms with E-state index in [0.717, 1.165) is 13.1 Å². The van der Waals surface area contributed by atoms with Crippen LogP contribution in [0.25, 0.3) is 0 Å². The zero-order chi connectivity index (χ0) is 12.0. The smallest absolute Gasteiger partial charge is 0.105 e. The van der Waals surface area contributed by atoms with Gasteiger partial charge in [-0.3, -0.25) is 5.01 Å². The summed E-state index contributed by atoms with van der Waals surface area (Å²) < 4.78 is 0. The van der Waals surface area contributed by atoms with Gasteiger partial charge in [0.2, 0.25) is 0 Å². The highest BCUT2D eigenvalue weighted by Crippen LogP contribution is 2.25. The van der Waals surface area contributed by atoms with Crippen molar-refractivity contribution < 1.29 is 0 Å². The lowest BCUT2D eigenvalue weighted by Crippen LogP contribution is -2.14. The molecule has 1 aromatic carbocycles. The fourth-order valence-corrected chi connectivity index (χ4v) is 1.42. The molecule has 0 fully saturated rings. The van der Waals surface area contributed by atoms with E-state index in [-0.39, 0.29) is 0 Å². The molecule has 0 saturated carbocycles. The highest BCUT2D eigenvalue weighted by molar-refractivity contribution is 6.32. The molecule has 1 rings (SSSR count). The van der Waals surface area contributed by atoms with Gasteiger partial charge < -0.3 is 0 Å². The summed E-state index contributed by atoms with van der Waals surface area (Å²) >= 11 is 5.95. The Bertz CT molecular complexity index is 417. The quantitative estimate of drug-likeness (QED) is 0.445. The first-order chi connectivity index (χ1) is 7.72. The van der Waals surface area contributed by atoms with Crippen molar-refractivity contribution in [1.29, 1.82) is 0 Å². The molecule has 0 radical (unpaired) electrons. The van der Waals surface area contributed by atoms with Gasteiger partial charge in [0.05, 0.1) is 10.6 Å². The van der Waals surface area contributed by atoms with Gasteiger partial charge >= 0.3 is 0 Å². The summed E-state index contributed by atoms with van der Waals surface area (Å²) in [5.41, 5.74) is 1.21. The first-order valence-corrected chi connectivity index (χ1v) is 5.52. The second kappa shape index (κ2) is 6.14. The molecule has 4 heteroatoms. The third kappa shape index (κ3) is 2.98. The van der Waals surface area contributed by atoms with Crippen molar-refractivity contribution in [3.8, 4) is 12.3 Å². The van der Waals surface area contributed by atoms with E-state index in [9.17, 15) is 0 Å². The van der Waals surface area contributed by atoms with Gasteiger partial charge in [0.1, 0.15) is 5.69 Å². The predicted molar refractivity (Wildman–Crippen MR) is 66.8 cm³/mol. The average Bonchev–Trinajstić information content (AvgIpc) is 2.30.